The van der Waals surface area contributed by atoms with Crippen LogP contribution >= 0.6 is 0 Å². The molecule has 4 rings (SSSR count). The lowest BCUT2D eigenvalue weighted by atomic mass is 9.86. The second-order valence-electron chi connectivity index (χ2n) is 12.5. The molecule has 0 spiro atoms. The Morgan fingerprint density at radius 1 is 1.26 bits per heavy atom. The highest BCUT2D eigenvalue weighted by Crippen LogP contribution is 2.31. The number of aromatic nitrogens is 2. The van der Waals surface area contributed by atoms with E-state index in [1.807, 2.05) is 43.3 Å². The van der Waals surface area contributed by atoms with E-state index in [-0.39, 0.29) is 24.4 Å². The van der Waals surface area contributed by atoms with Gasteiger partial charge in [0.1, 0.15) is 18.2 Å². The number of ether oxygens (including phenoxy) is 2. The number of likely N-dealkylation sites (tertiary alicyclic amines) is 1. The van der Waals surface area contributed by atoms with Gasteiger partial charge < -0.3 is 14.0 Å². The molecule has 1 aromatic heterocycles. The van der Waals surface area contributed by atoms with Crippen LogP contribution in [0.3, 0.4) is 0 Å². The Hall–Kier alpha value is -4.06. The van der Waals surface area contributed by atoms with Crippen LogP contribution in [0.5, 0.6) is 0 Å². The number of imidazole rings is 1. The topological polar surface area (TPSA) is 80.4 Å². The highest BCUT2D eigenvalue weighted by Gasteiger charge is 2.28. The van der Waals surface area contributed by atoms with E-state index in [1.54, 1.807) is 26.2 Å². The summed E-state index contributed by atoms with van der Waals surface area (Å²) in [5, 5.41) is 9.00. The molecule has 1 saturated heterocycles. The maximum absolute atomic E-state index is 14.4. The molecule has 0 saturated carbocycles. The number of nitrogens with zero attached hydrogens (tertiary/aromatic N) is 4. The summed E-state index contributed by atoms with van der Waals surface area (Å²) in [6.07, 6.45) is 8.90. The second kappa shape index (κ2) is 16.0. The van der Waals surface area contributed by atoms with Gasteiger partial charge in [0, 0.05) is 30.2 Å². The summed E-state index contributed by atoms with van der Waals surface area (Å²) in [4.78, 5) is 19.5. The van der Waals surface area contributed by atoms with Crippen molar-refractivity contribution in [3.05, 3.63) is 101 Å². The summed E-state index contributed by atoms with van der Waals surface area (Å²) in [5.41, 5.74) is 4.34. The summed E-state index contributed by atoms with van der Waals surface area (Å²) in [7, 11) is 1.71. The maximum atomic E-state index is 14.4. The summed E-state index contributed by atoms with van der Waals surface area (Å²) in [5.74, 6) is 1.91. The fourth-order valence-electron chi connectivity index (χ4n) is 5.88. The van der Waals surface area contributed by atoms with Crippen molar-refractivity contribution >= 4 is 16.8 Å². The van der Waals surface area contributed by atoms with Gasteiger partial charge in [0.25, 0.3) is 0 Å². The van der Waals surface area contributed by atoms with E-state index in [9.17, 15) is 9.18 Å². The standard InChI is InChI=1S/C38H47FN4O3/c1-8-25(2)37(46-24-33-13-12-30(21-40)19-34(33)39)11-9-10-26(3)31-16-17-42(27(4)18-31)23-38-41-35-15-14-32(29(6)44)20-36(35)43(38)22-28(5)45-7/h9-15,19-20,25,27-28,31H,3,8,16-18,22-24H2,1-2,4-7H3/b10-9-,37-11+. The van der Waals surface area contributed by atoms with Crippen molar-refractivity contribution in [3.8, 4) is 6.07 Å². The minimum atomic E-state index is -0.434. The number of halogens is 1. The number of carbonyl (C=O) groups is 1. The molecule has 8 heteroatoms. The van der Waals surface area contributed by atoms with Gasteiger partial charge >= 0.3 is 0 Å². The third kappa shape index (κ3) is 8.60. The van der Waals surface area contributed by atoms with Crippen molar-refractivity contribution in [3.63, 3.8) is 0 Å². The largest absolute Gasteiger partial charge is 0.493 e. The molecular weight excluding hydrogens is 579 g/mol. The Kier molecular flexibility index (Phi) is 12.1. The SMILES string of the molecule is C=C(/C=C\C=C(\OCc1ccc(C#N)cc1F)C(C)CC)C1CCN(Cc2nc3ccc(C(C)=O)cc3n2CC(C)OC)C(C)C1. The Labute approximate surface area is 273 Å². The average Bonchev–Trinajstić information content (AvgIpc) is 3.38. The molecule has 0 radical (unpaired) electrons. The number of rotatable bonds is 14. The van der Waals surface area contributed by atoms with Crippen molar-refractivity contribution < 1.29 is 18.7 Å². The molecule has 4 atom stereocenters. The number of allylic oxidation sites excluding steroid dienone is 5. The van der Waals surface area contributed by atoms with Crippen molar-refractivity contribution in [1.29, 1.82) is 5.26 Å². The number of hydrogen-bond acceptors (Lipinski definition) is 6. The third-order valence-corrected chi connectivity index (χ3v) is 9.20. The summed E-state index contributed by atoms with van der Waals surface area (Å²) in [6, 6.07) is 12.5. The molecule has 46 heavy (non-hydrogen) atoms. The first kappa shape index (κ1) is 34.8. The molecule has 3 aromatic rings. The zero-order chi connectivity index (χ0) is 33.4. The molecule has 0 amide bonds. The van der Waals surface area contributed by atoms with E-state index in [0.29, 0.717) is 35.2 Å². The lowest BCUT2D eigenvalue weighted by Crippen LogP contribution is -2.41. The van der Waals surface area contributed by atoms with Crippen LogP contribution in [0.1, 0.15) is 81.2 Å². The van der Waals surface area contributed by atoms with Crippen molar-refractivity contribution in [2.75, 3.05) is 13.7 Å². The van der Waals surface area contributed by atoms with E-state index >= 15 is 0 Å². The predicted octanol–water partition coefficient (Wildman–Crippen LogP) is 8.14. The minimum absolute atomic E-state index is 0.00724. The van der Waals surface area contributed by atoms with Crippen LogP contribution in [0.15, 0.2) is 72.5 Å². The molecule has 2 heterocycles. The van der Waals surface area contributed by atoms with Crippen molar-refractivity contribution in [2.45, 2.75) is 85.7 Å². The minimum Gasteiger partial charge on any atom is -0.493 e. The maximum Gasteiger partial charge on any atom is 0.159 e. The Morgan fingerprint density at radius 2 is 2.04 bits per heavy atom. The number of piperidine rings is 1. The van der Waals surface area contributed by atoms with Crippen molar-refractivity contribution in [2.24, 2.45) is 11.8 Å². The van der Waals surface area contributed by atoms with Crippen LogP contribution < -0.4 is 0 Å². The molecule has 244 valence electrons. The van der Waals surface area contributed by atoms with Gasteiger partial charge in [-0.3, -0.25) is 9.69 Å². The first-order valence-corrected chi connectivity index (χ1v) is 16.2. The number of methoxy groups -OCH3 is 1. The van der Waals surface area contributed by atoms with E-state index in [1.165, 1.54) is 6.07 Å². The molecular formula is C38H47FN4O3. The number of Topliss-reactive ketones (excluding diaryl/α,β-unsaturated/α-hetero) is 1. The van der Waals surface area contributed by atoms with E-state index in [4.69, 9.17) is 19.7 Å². The average molecular weight is 627 g/mol. The lowest BCUT2D eigenvalue weighted by Gasteiger charge is -2.38. The Bertz CT molecular complexity index is 1650. The van der Waals surface area contributed by atoms with Gasteiger partial charge in [-0.05, 0) is 88.9 Å². The number of nitriles is 1. The molecule has 0 bridgehead atoms. The van der Waals surface area contributed by atoms with Gasteiger partial charge in [0.2, 0.25) is 0 Å². The molecule has 2 aromatic carbocycles. The lowest BCUT2D eigenvalue weighted by molar-refractivity contribution is 0.0983. The summed E-state index contributed by atoms with van der Waals surface area (Å²) >= 11 is 0. The van der Waals surface area contributed by atoms with E-state index < -0.39 is 5.82 Å². The summed E-state index contributed by atoms with van der Waals surface area (Å²) in [6.45, 7) is 16.9. The molecule has 0 aliphatic carbocycles. The highest BCUT2D eigenvalue weighted by molar-refractivity contribution is 5.97. The van der Waals surface area contributed by atoms with Gasteiger partial charge in [-0.25, -0.2) is 9.37 Å². The molecule has 1 aliphatic heterocycles. The molecule has 0 N–H and O–H groups in total. The third-order valence-electron chi connectivity index (χ3n) is 9.20. The fourth-order valence-corrected chi connectivity index (χ4v) is 5.88. The van der Waals surface area contributed by atoms with Crippen LogP contribution in [0.2, 0.25) is 0 Å². The van der Waals surface area contributed by atoms with Gasteiger partial charge in [-0.1, -0.05) is 44.2 Å². The number of benzene rings is 2. The zero-order valence-corrected chi connectivity index (χ0v) is 28.1. The quantitative estimate of drug-likeness (QED) is 0.102. The molecule has 1 fully saturated rings. The van der Waals surface area contributed by atoms with Crippen LogP contribution in [-0.4, -0.2) is 46.0 Å². The van der Waals surface area contributed by atoms with Crippen LogP contribution in [0.25, 0.3) is 11.0 Å². The molecule has 7 nitrogen and oxygen atoms in total. The number of fused-ring (bicyclic) bond motifs is 1. The zero-order valence-electron chi connectivity index (χ0n) is 28.1. The number of ketones is 1. The fraction of sp³-hybridized carbons (Fsp3) is 0.447. The van der Waals surface area contributed by atoms with Gasteiger partial charge in [-0.15, -0.1) is 0 Å². The summed E-state index contributed by atoms with van der Waals surface area (Å²) < 4.78 is 28.2. The van der Waals surface area contributed by atoms with Crippen LogP contribution in [0.4, 0.5) is 4.39 Å². The Balaban J connectivity index is 1.41. The number of hydrogen-bond donors (Lipinski definition) is 0. The van der Waals surface area contributed by atoms with Crippen LogP contribution in [-0.2, 0) is 29.2 Å². The highest BCUT2D eigenvalue weighted by atomic mass is 19.1. The number of carbonyl (C=O) groups excluding carboxylic acids is 1. The smallest absolute Gasteiger partial charge is 0.159 e. The monoisotopic (exact) mass is 626 g/mol. The molecule has 1 aliphatic rings. The molecule has 4 unspecified atom stereocenters. The predicted molar refractivity (Wildman–Crippen MR) is 181 cm³/mol. The van der Waals surface area contributed by atoms with Gasteiger partial charge in [0.05, 0.1) is 47.6 Å². The van der Waals surface area contributed by atoms with Crippen LogP contribution in [0, 0.1) is 29.0 Å². The van der Waals surface area contributed by atoms with Gasteiger partial charge in [-0.2, -0.15) is 5.26 Å². The van der Waals surface area contributed by atoms with E-state index in [0.717, 1.165) is 60.5 Å². The normalized spacial score (nSPS) is 18.9. The van der Waals surface area contributed by atoms with Gasteiger partial charge in [0.15, 0.2) is 5.78 Å². The van der Waals surface area contributed by atoms with E-state index in [2.05, 4.69) is 42.9 Å². The Morgan fingerprint density at radius 3 is 2.70 bits per heavy atom. The second-order valence-corrected chi connectivity index (χ2v) is 12.5. The first-order chi connectivity index (χ1) is 22.0. The van der Waals surface area contributed by atoms with Crippen molar-refractivity contribution in [1.82, 2.24) is 14.5 Å². The first-order valence-electron chi connectivity index (χ1n) is 16.2.